The van der Waals surface area contributed by atoms with Crippen molar-refractivity contribution in [3.8, 4) is 0 Å². The fourth-order valence-corrected chi connectivity index (χ4v) is 3.34. The van der Waals surface area contributed by atoms with Crippen LogP contribution in [0.4, 0.5) is 0 Å². The molecule has 0 saturated carbocycles. The average Bonchev–Trinajstić information content (AvgIpc) is 2.73. The van der Waals surface area contributed by atoms with E-state index in [4.69, 9.17) is 9.47 Å². The predicted octanol–water partition coefficient (Wildman–Crippen LogP) is 3.10. The van der Waals surface area contributed by atoms with E-state index in [1.807, 2.05) is 0 Å². The molecule has 1 aliphatic heterocycles. The smallest absolute Gasteiger partial charge is 0.158 e. The number of nitrogens with zero attached hydrogens (tertiary/aromatic N) is 1. The van der Waals surface area contributed by atoms with Gasteiger partial charge in [-0.05, 0) is 35.5 Å². The fraction of sp³-hybridized carbons (Fsp3) is 0.667. The highest BCUT2D eigenvalue weighted by Gasteiger charge is 2.14. The summed E-state index contributed by atoms with van der Waals surface area (Å²) in [5, 5.41) is 2.12. The SMILES string of the molecule is CN(CCC1OCCCO1)Cc1cc(Br)cs1. The lowest BCUT2D eigenvalue weighted by Gasteiger charge is -2.25. The first-order valence-electron chi connectivity index (χ1n) is 5.89. The van der Waals surface area contributed by atoms with E-state index in [0.29, 0.717) is 0 Å². The van der Waals surface area contributed by atoms with Crippen LogP contribution in [0.5, 0.6) is 0 Å². The predicted molar refractivity (Wildman–Crippen MR) is 73.3 cm³/mol. The molecule has 0 radical (unpaired) electrons. The van der Waals surface area contributed by atoms with Crippen molar-refractivity contribution in [2.45, 2.75) is 25.7 Å². The molecule has 1 aromatic heterocycles. The van der Waals surface area contributed by atoms with E-state index < -0.39 is 0 Å². The Morgan fingerprint density at radius 3 is 2.88 bits per heavy atom. The van der Waals surface area contributed by atoms with Crippen LogP contribution in [0.15, 0.2) is 15.9 Å². The van der Waals surface area contributed by atoms with E-state index in [9.17, 15) is 0 Å². The Morgan fingerprint density at radius 1 is 1.47 bits per heavy atom. The fourth-order valence-electron chi connectivity index (χ4n) is 1.81. The number of hydrogen-bond acceptors (Lipinski definition) is 4. The molecule has 3 nitrogen and oxygen atoms in total. The number of rotatable bonds is 5. The van der Waals surface area contributed by atoms with Gasteiger partial charge in [-0.2, -0.15) is 0 Å². The maximum Gasteiger partial charge on any atom is 0.158 e. The number of ether oxygens (including phenoxy) is 2. The lowest BCUT2D eigenvalue weighted by molar-refractivity contribution is -0.182. The lowest BCUT2D eigenvalue weighted by atomic mass is 10.3. The summed E-state index contributed by atoms with van der Waals surface area (Å²) in [5.74, 6) is 0. The highest BCUT2D eigenvalue weighted by Crippen LogP contribution is 2.21. The van der Waals surface area contributed by atoms with Crippen molar-refractivity contribution >= 4 is 27.3 Å². The zero-order valence-electron chi connectivity index (χ0n) is 10.0. The van der Waals surface area contributed by atoms with Crippen molar-refractivity contribution in [3.63, 3.8) is 0 Å². The van der Waals surface area contributed by atoms with Gasteiger partial charge in [-0.15, -0.1) is 11.3 Å². The summed E-state index contributed by atoms with van der Waals surface area (Å²) in [6.45, 7) is 3.67. The largest absolute Gasteiger partial charge is 0.353 e. The number of hydrogen-bond donors (Lipinski definition) is 0. The van der Waals surface area contributed by atoms with Crippen molar-refractivity contribution in [3.05, 3.63) is 20.8 Å². The van der Waals surface area contributed by atoms with Crippen LogP contribution in [0.25, 0.3) is 0 Å². The third-order valence-electron chi connectivity index (χ3n) is 2.69. The Morgan fingerprint density at radius 2 is 2.24 bits per heavy atom. The summed E-state index contributed by atoms with van der Waals surface area (Å²) in [4.78, 5) is 3.68. The number of thiophene rings is 1. The summed E-state index contributed by atoms with van der Waals surface area (Å²) in [6.07, 6.45) is 1.97. The second kappa shape index (κ2) is 6.85. The van der Waals surface area contributed by atoms with Crippen LogP contribution >= 0.6 is 27.3 Å². The van der Waals surface area contributed by atoms with Gasteiger partial charge in [0.15, 0.2) is 6.29 Å². The molecular weight excluding hydrogens is 302 g/mol. The van der Waals surface area contributed by atoms with Crippen LogP contribution in [0.1, 0.15) is 17.7 Å². The molecular formula is C12H18BrNO2S. The minimum atomic E-state index is 0.00118. The lowest BCUT2D eigenvalue weighted by Crippen LogP contribution is -2.29. The molecule has 2 heterocycles. The maximum absolute atomic E-state index is 5.53. The van der Waals surface area contributed by atoms with Gasteiger partial charge in [0.2, 0.25) is 0 Å². The van der Waals surface area contributed by atoms with Crippen LogP contribution in [0, 0.1) is 0 Å². The third-order valence-corrected chi connectivity index (χ3v) is 4.37. The van der Waals surface area contributed by atoms with E-state index in [1.165, 1.54) is 9.35 Å². The zero-order valence-corrected chi connectivity index (χ0v) is 12.4. The molecule has 0 aliphatic carbocycles. The molecule has 0 atom stereocenters. The van der Waals surface area contributed by atoms with Crippen LogP contribution in [0.2, 0.25) is 0 Å². The van der Waals surface area contributed by atoms with Gasteiger partial charge >= 0.3 is 0 Å². The molecule has 0 spiro atoms. The molecule has 1 aliphatic rings. The summed E-state index contributed by atoms with van der Waals surface area (Å²) in [7, 11) is 2.14. The molecule has 5 heteroatoms. The van der Waals surface area contributed by atoms with Crippen molar-refractivity contribution in [2.75, 3.05) is 26.8 Å². The van der Waals surface area contributed by atoms with Gasteiger partial charge in [-0.1, -0.05) is 0 Å². The summed E-state index contributed by atoms with van der Waals surface area (Å²) < 4.78 is 12.2. The highest BCUT2D eigenvalue weighted by atomic mass is 79.9. The Balaban J connectivity index is 1.68. The molecule has 96 valence electrons. The molecule has 0 aromatic carbocycles. The minimum absolute atomic E-state index is 0.00118. The van der Waals surface area contributed by atoms with E-state index in [2.05, 4.69) is 39.3 Å². The highest BCUT2D eigenvalue weighted by molar-refractivity contribution is 9.10. The van der Waals surface area contributed by atoms with E-state index in [0.717, 1.165) is 39.1 Å². The Hall–Kier alpha value is 0.0600. The first kappa shape index (κ1) is 13.5. The molecule has 2 rings (SSSR count). The van der Waals surface area contributed by atoms with Crippen LogP contribution in [-0.4, -0.2) is 38.0 Å². The van der Waals surface area contributed by atoms with Gasteiger partial charge in [0.25, 0.3) is 0 Å². The van der Waals surface area contributed by atoms with Crippen LogP contribution < -0.4 is 0 Å². The van der Waals surface area contributed by atoms with Crippen LogP contribution in [-0.2, 0) is 16.0 Å². The molecule has 1 saturated heterocycles. The molecule has 17 heavy (non-hydrogen) atoms. The van der Waals surface area contributed by atoms with Crippen LogP contribution in [0.3, 0.4) is 0 Å². The van der Waals surface area contributed by atoms with Gasteiger partial charge in [-0.25, -0.2) is 0 Å². The van der Waals surface area contributed by atoms with Crippen molar-refractivity contribution < 1.29 is 9.47 Å². The summed E-state index contributed by atoms with van der Waals surface area (Å²) in [5.41, 5.74) is 0. The monoisotopic (exact) mass is 319 g/mol. The van der Waals surface area contributed by atoms with E-state index in [-0.39, 0.29) is 6.29 Å². The number of halogens is 1. The van der Waals surface area contributed by atoms with Gasteiger partial charge in [-0.3, -0.25) is 0 Å². The standard InChI is InChI=1S/C12H18BrNO2S/c1-14(8-11-7-10(13)9-17-11)4-3-12-15-5-2-6-16-12/h7,9,12H,2-6,8H2,1H3. The molecule has 0 amide bonds. The first-order valence-corrected chi connectivity index (χ1v) is 7.56. The molecule has 1 aromatic rings. The van der Waals surface area contributed by atoms with Gasteiger partial charge in [0.1, 0.15) is 0 Å². The zero-order chi connectivity index (χ0) is 12.1. The van der Waals surface area contributed by atoms with E-state index >= 15 is 0 Å². The van der Waals surface area contributed by atoms with Gasteiger partial charge < -0.3 is 14.4 Å². The normalized spacial score (nSPS) is 17.8. The Kier molecular flexibility index (Phi) is 5.44. The second-order valence-electron chi connectivity index (χ2n) is 4.28. The average molecular weight is 320 g/mol. The van der Waals surface area contributed by atoms with Crippen molar-refractivity contribution in [1.29, 1.82) is 0 Å². The van der Waals surface area contributed by atoms with Gasteiger partial charge in [0, 0.05) is 34.2 Å². The van der Waals surface area contributed by atoms with E-state index in [1.54, 1.807) is 11.3 Å². The maximum atomic E-state index is 5.53. The molecule has 0 unspecified atom stereocenters. The Labute approximate surface area is 115 Å². The minimum Gasteiger partial charge on any atom is -0.353 e. The summed E-state index contributed by atoms with van der Waals surface area (Å²) >= 11 is 5.26. The summed E-state index contributed by atoms with van der Waals surface area (Å²) in [6, 6.07) is 2.18. The first-order chi connectivity index (χ1) is 8.24. The second-order valence-corrected chi connectivity index (χ2v) is 6.19. The van der Waals surface area contributed by atoms with Crippen molar-refractivity contribution in [1.82, 2.24) is 4.90 Å². The van der Waals surface area contributed by atoms with Gasteiger partial charge in [0.05, 0.1) is 13.2 Å². The quantitative estimate of drug-likeness (QED) is 0.832. The topological polar surface area (TPSA) is 21.7 Å². The molecule has 1 fully saturated rings. The third kappa shape index (κ3) is 4.67. The Bertz CT molecular complexity index is 339. The molecule has 0 bridgehead atoms. The van der Waals surface area contributed by atoms with Crippen molar-refractivity contribution in [2.24, 2.45) is 0 Å². The molecule has 0 N–H and O–H groups in total.